The average Bonchev–Trinajstić information content (AvgIpc) is 3.20. The third-order valence-corrected chi connectivity index (χ3v) is 3.92. The highest BCUT2D eigenvalue weighted by atomic mass is 32.1. The molecule has 1 aromatic carbocycles. The Morgan fingerprint density at radius 1 is 1.36 bits per heavy atom. The number of esters is 1. The fraction of sp³-hybridized carbons (Fsp3) is 0.176. The van der Waals surface area contributed by atoms with Crippen molar-refractivity contribution in [3.63, 3.8) is 0 Å². The summed E-state index contributed by atoms with van der Waals surface area (Å²) in [5.41, 5.74) is 1.55. The second-order valence-corrected chi connectivity index (χ2v) is 5.77. The van der Waals surface area contributed by atoms with E-state index in [-0.39, 0.29) is 24.0 Å². The fourth-order valence-corrected chi connectivity index (χ4v) is 2.69. The standard InChI is InChI=1S/C17H15N3O4S/c1-2-23-14(21)8-12-10-25-17(19-12)18-9-13-16(22)24-15(20-13)11-6-4-3-5-7-11/h3-7,9-10,22H,2,8H2,1H3. The molecule has 0 spiro atoms. The summed E-state index contributed by atoms with van der Waals surface area (Å²) in [4.78, 5) is 24.0. The predicted molar refractivity (Wildman–Crippen MR) is 93.3 cm³/mol. The molecule has 0 aliphatic carbocycles. The van der Waals surface area contributed by atoms with E-state index in [2.05, 4.69) is 15.0 Å². The maximum absolute atomic E-state index is 11.4. The van der Waals surface area contributed by atoms with Crippen LogP contribution in [0.25, 0.3) is 11.5 Å². The molecule has 0 aliphatic heterocycles. The number of hydrogen-bond acceptors (Lipinski definition) is 8. The van der Waals surface area contributed by atoms with Gasteiger partial charge >= 0.3 is 11.9 Å². The summed E-state index contributed by atoms with van der Waals surface area (Å²) in [6.07, 6.45) is 1.48. The van der Waals surface area contributed by atoms with Gasteiger partial charge in [0.25, 0.3) is 0 Å². The number of oxazole rings is 1. The van der Waals surface area contributed by atoms with Crippen molar-refractivity contribution >= 4 is 28.7 Å². The number of aliphatic imine (C=N–C) groups is 1. The number of hydrogen-bond donors (Lipinski definition) is 1. The van der Waals surface area contributed by atoms with E-state index >= 15 is 0 Å². The minimum absolute atomic E-state index is 0.104. The molecule has 8 heteroatoms. The van der Waals surface area contributed by atoms with E-state index in [1.165, 1.54) is 17.6 Å². The first-order valence-electron chi connectivity index (χ1n) is 7.55. The Balaban J connectivity index is 1.71. The summed E-state index contributed by atoms with van der Waals surface area (Å²) in [7, 11) is 0. The van der Waals surface area contributed by atoms with Gasteiger partial charge < -0.3 is 14.3 Å². The molecule has 2 aromatic heterocycles. The highest BCUT2D eigenvalue weighted by molar-refractivity contribution is 7.13. The molecule has 25 heavy (non-hydrogen) atoms. The summed E-state index contributed by atoms with van der Waals surface area (Å²) >= 11 is 1.28. The molecule has 128 valence electrons. The Morgan fingerprint density at radius 2 is 2.16 bits per heavy atom. The van der Waals surface area contributed by atoms with Crippen molar-refractivity contribution in [2.24, 2.45) is 4.99 Å². The molecule has 0 amide bonds. The van der Waals surface area contributed by atoms with E-state index in [1.807, 2.05) is 30.3 Å². The van der Waals surface area contributed by atoms with Gasteiger partial charge in [-0.05, 0) is 19.1 Å². The summed E-state index contributed by atoms with van der Waals surface area (Å²) in [6.45, 7) is 2.09. The van der Waals surface area contributed by atoms with E-state index in [0.29, 0.717) is 23.3 Å². The van der Waals surface area contributed by atoms with Crippen LogP contribution in [0.5, 0.6) is 5.95 Å². The molecule has 3 rings (SSSR count). The average molecular weight is 357 g/mol. The van der Waals surface area contributed by atoms with Crippen molar-refractivity contribution in [2.75, 3.05) is 6.61 Å². The smallest absolute Gasteiger partial charge is 0.312 e. The van der Waals surface area contributed by atoms with Crippen LogP contribution in [0.3, 0.4) is 0 Å². The van der Waals surface area contributed by atoms with Crippen molar-refractivity contribution in [2.45, 2.75) is 13.3 Å². The highest BCUT2D eigenvalue weighted by Gasteiger charge is 2.12. The maximum Gasteiger partial charge on any atom is 0.312 e. The largest absolute Gasteiger partial charge is 0.479 e. The molecular formula is C17H15N3O4S. The Morgan fingerprint density at radius 3 is 2.92 bits per heavy atom. The van der Waals surface area contributed by atoms with Gasteiger partial charge in [-0.25, -0.2) is 15.0 Å². The topological polar surface area (TPSA) is 97.8 Å². The number of nitrogens with zero attached hydrogens (tertiary/aromatic N) is 3. The van der Waals surface area contributed by atoms with Crippen LogP contribution in [0.1, 0.15) is 18.3 Å². The van der Waals surface area contributed by atoms with Gasteiger partial charge in [0.05, 0.1) is 24.9 Å². The van der Waals surface area contributed by atoms with Crippen LogP contribution in [-0.4, -0.2) is 33.9 Å². The summed E-state index contributed by atoms with van der Waals surface area (Å²) < 4.78 is 10.1. The number of carbonyl (C=O) groups excluding carboxylic acids is 1. The first-order chi connectivity index (χ1) is 12.2. The highest BCUT2D eigenvalue weighted by Crippen LogP contribution is 2.26. The zero-order chi connectivity index (χ0) is 17.6. The molecule has 7 nitrogen and oxygen atoms in total. The first kappa shape index (κ1) is 16.8. The number of benzene rings is 1. The van der Waals surface area contributed by atoms with Gasteiger partial charge in [-0.1, -0.05) is 18.2 Å². The van der Waals surface area contributed by atoms with Gasteiger partial charge in [0.1, 0.15) is 0 Å². The first-order valence-corrected chi connectivity index (χ1v) is 8.43. The minimum Gasteiger partial charge on any atom is -0.479 e. The molecule has 3 aromatic rings. The van der Waals surface area contributed by atoms with Gasteiger partial charge in [0.2, 0.25) is 11.0 Å². The molecule has 0 radical (unpaired) electrons. The molecule has 0 unspecified atom stereocenters. The maximum atomic E-state index is 11.4. The molecule has 0 saturated carbocycles. The Bertz CT molecular complexity index is 886. The SMILES string of the molecule is CCOC(=O)Cc1csc(N=Cc2nc(-c3ccccc3)oc2O)n1. The second-order valence-electron chi connectivity index (χ2n) is 4.94. The summed E-state index contributed by atoms with van der Waals surface area (Å²) in [5, 5.41) is 12.0. The van der Waals surface area contributed by atoms with Crippen molar-refractivity contribution in [1.29, 1.82) is 0 Å². The van der Waals surface area contributed by atoms with E-state index in [0.717, 1.165) is 5.56 Å². The van der Waals surface area contributed by atoms with Crippen LogP contribution < -0.4 is 0 Å². The van der Waals surface area contributed by atoms with Gasteiger partial charge in [-0.2, -0.15) is 0 Å². The van der Waals surface area contributed by atoms with Crippen molar-refractivity contribution < 1.29 is 19.1 Å². The van der Waals surface area contributed by atoms with Crippen LogP contribution in [0.2, 0.25) is 0 Å². The monoisotopic (exact) mass is 357 g/mol. The van der Waals surface area contributed by atoms with E-state index in [4.69, 9.17) is 9.15 Å². The summed E-state index contributed by atoms with van der Waals surface area (Å²) in [6, 6.07) is 9.24. The molecule has 0 fully saturated rings. The Labute approximate surface area is 147 Å². The van der Waals surface area contributed by atoms with Crippen LogP contribution >= 0.6 is 11.3 Å². The third kappa shape index (κ3) is 4.30. The lowest BCUT2D eigenvalue weighted by atomic mass is 10.2. The third-order valence-electron chi connectivity index (χ3n) is 3.12. The van der Waals surface area contributed by atoms with Crippen molar-refractivity contribution in [1.82, 2.24) is 9.97 Å². The number of aromatic hydroxyl groups is 1. The van der Waals surface area contributed by atoms with Gasteiger partial charge in [0.15, 0.2) is 5.69 Å². The van der Waals surface area contributed by atoms with Gasteiger partial charge in [0, 0.05) is 10.9 Å². The molecule has 0 saturated heterocycles. The zero-order valence-corrected chi connectivity index (χ0v) is 14.2. The predicted octanol–water partition coefficient (Wildman–Crippen LogP) is 3.36. The van der Waals surface area contributed by atoms with Crippen LogP contribution in [-0.2, 0) is 16.0 Å². The van der Waals surface area contributed by atoms with Gasteiger partial charge in [-0.15, -0.1) is 11.3 Å². The van der Waals surface area contributed by atoms with Crippen LogP contribution in [0, 0.1) is 0 Å². The number of thiazole rings is 1. The molecule has 0 aliphatic rings. The van der Waals surface area contributed by atoms with Crippen LogP contribution in [0.4, 0.5) is 5.13 Å². The molecule has 0 bridgehead atoms. The Kier molecular flexibility index (Phi) is 5.20. The van der Waals surface area contributed by atoms with Crippen LogP contribution in [0.15, 0.2) is 45.1 Å². The summed E-state index contributed by atoms with van der Waals surface area (Å²) in [5.74, 6) is -0.336. The normalized spacial score (nSPS) is 11.1. The number of carbonyl (C=O) groups is 1. The van der Waals surface area contributed by atoms with Crippen molar-refractivity contribution in [3.05, 3.63) is 47.1 Å². The molecule has 2 heterocycles. The lowest BCUT2D eigenvalue weighted by Crippen LogP contribution is -2.07. The number of ether oxygens (including phenoxy) is 1. The number of rotatable bonds is 6. The minimum atomic E-state index is -0.329. The fourth-order valence-electron chi connectivity index (χ4n) is 2.03. The second kappa shape index (κ2) is 7.71. The lowest BCUT2D eigenvalue weighted by Gasteiger charge is -1.97. The lowest BCUT2D eigenvalue weighted by molar-refractivity contribution is -0.142. The number of aromatic nitrogens is 2. The van der Waals surface area contributed by atoms with Crippen molar-refractivity contribution in [3.8, 4) is 17.4 Å². The van der Waals surface area contributed by atoms with E-state index in [1.54, 1.807) is 12.3 Å². The van der Waals surface area contributed by atoms with E-state index in [9.17, 15) is 9.90 Å². The zero-order valence-electron chi connectivity index (χ0n) is 13.4. The molecule has 0 atom stereocenters. The van der Waals surface area contributed by atoms with Gasteiger partial charge in [-0.3, -0.25) is 4.79 Å². The molecular weight excluding hydrogens is 342 g/mol. The molecule has 1 N–H and O–H groups in total. The van der Waals surface area contributed by atoms with E-state index < -0.39 is 0 Å². The Hall–Kier alpha value is -3.00. The quantitative estimate of drug-likeness (QED) is 0.536.